The number of nitrogens with zero attached hydrogens (tertiary/aromatic N) is 2. The number of furan rings is 1. The number of aliphatic imine (C=N–C) groups is 2. The average Bonchev–Trinajstić information content (AvgIpc) is 3.73. The molecule has 0 saturated carbocycles. The Morgan fingerprint density at radius 3 is 2.20 bits per heavy atom. The molecule has 7 aromatic carbocycles. The van der Waals surface area contributed by atoms with Gasteiger partial charge in [-0.3, -0.25) is 0 Å². The summed E-state index contributed by atoms with van der Waals surface area (Å²) in [4.78, 5) is 10.8. The number of benzene rings is 7. The third-order valence-electron chi connectivity index (χ3n) is 9.53. The maximum Gasteiger partial charge on any atom is 0.161 e. The first-order valence-electron chi connectivity index (χ1n) is 16.7. The number of hydrogen-bond acceptors (Lipinski definition) is 4. The Balaban J connectivity index is 1.20. The minimum Gasteiger partial charge on any atom is -0.456 e. The maximum absolute atomic E-state index is 6.48. The van der Waals surface area contributed by atoms with Crippen molar-refractivity contribution in [1.82, 2.24) is 0 Å². The van der Waals surface area contributed by atoms with Gasteiger partial charge in [0.1, 0.15) is 11.2 Å². The number of thiophene rings is 1. The van der Waals surface area contributed by atoms with E-state index < -0.39 is 0 Å². The van der Waals surface area contributed by atoms with Crippen LogP contribution in [0.25, 0.3) is 69.7 Å². The van der Waals surface area contributed by atoms with E-state index in [9.17, 15) is 0 Å². The molecule has 0 radical (unpaired) electrons. The van der Waals surface area contributed by atoms with E-state index in [4.69, 9.17) is 14.4 Å². The van der Waals surface area contributed by atoms with Crippen LogP contribution < -0.4 is 0 Å². The van der Waals surface area contributed by atoms with Crippen molar-refractivity contribution in [3.63, 3.8) is 0 Å². The molecule has 1 aliphatic rings. The highest BCUT2D eigenvalue weighted by molar-refractivity contribution is 7.26. The lowest BCUT2D eigenvalue weighted by molar-refractivity contribution is 0.669. The van der Waals surface area contributed by atoms with Gasteiger partial charge in [0.25, 0.3) is 0 Å². The van der Waals surface area contributed by atoms with Crippen LogP contribution in [-0.4, -0.2) is 11.5 Å². The lowest BCUT2D eigenvalue weighted by Crippen LogP contribution is -2.07. The topological polar surface area (TPSA) is 37.9 Å². The predicted octanol–water partition coefficient (Wildman–Crippen LogP) is 12.6. The monoisotopic (exact) mass is 656 g/mol. The molecule has 0 fully saturated rings. The van der Waals surface area contributed by atoms with Gasteiger partial charge >= 0.3 is 0 Å². The van der Waals surface area contributed by atoms with Gasteiger partial charge < -0.3 is 4.42 Å². The second-order valence-electron chi connectivity index (χ2n) is 12.5. The molecular weight excluding hydrogens is 629 g/mol. The SMILES string of the molecule is C1=C/C(c2ccccc2)=N\C(c2cccc3oc4ccc(-c5ccc6ccccc6c5)cc4c23)=N/C(c2cccc3c2sc2ccccc23)=C/1. The van der Waals surface area contributed by atoms with Gasteiger partial charge in [0.05, 0.1) is 11.4 Å². The van der Waals surface area contributed by atoms with Gasteiger partial charge in [0.2, 0.25) is 0 Å². The third-order valence-corrected chi connectivity index (χ3v) is 10.7. The molecule has 0 unspecified atom stereocenters. The minimum absolute atomic E-state index is 0.641. The number of amidine groups is 1. The Bertz CT molecular complexity index is 2920. The normalized spacial score (nSPS) is 17.2. The Kier molecular flexibility index (Phi) is 6.68. The van der Waals surface area contributed by atoms with Crippen LogP contribution in [0, 0.1) is 0 Å². The summed E-state index contributed by atoms with van der Waals surface area (Å²) in [6.45, 7) is 0. The lowest BCUT2D eigenvalue weighted by Gasteiger charge is -2.12. The smallest absolute Gasteiger partial charge is 0.161 e. The highest BCUT2D eigenvalue weighted by Crippen LogP contribution is 2.40. The van der Waals surface area contributed by atoms with Gasteiger partial charge in [0.15, 0.2) is 5.84 Å². The summed E-state index contributed by atoms with van der Waals surface area (Å²) in [6, 6.07) is 53.2. The second-order valence-corrected chi connectivity index (χ2v) is 13.6. The van der Waals surface area contributed by atoms with Gasteiger partial charge in [-0.2, -0.15) is 0 Å². The van der Waals surface area contributed by atoms with Crippen molar-refractivity contribution in [3.05, 3.63) is 187 Å². The van der Waals surface area contributed by atoms with E-state index in [-0.39, 0.29) is 0 Å². The Labute approximate surface area is 292 Å². The summed E-state index contributed by atoms with van der Waals surface area (Å²) in [5, 5.41) is 6.99. The molecule has 0 aliphatic carbocycles. The van der Waals surface area contributed by atoms with Gasteiger partial charge in [-0.25, -0.2) is 9.98 Å². The summed E-state index contributed by atoms with van der Waals surface area (Å²) in [7, 11) is 0. The maximum atomic E-state index is 6.48. The lowest BCUT2D eigenvalue weighted by atomic mass is 9.98. The van der Waals surface area contributed by atoms with E-state index in [1.165, 1.54) is 30.9 Å². The molecule has 0 N–H and O–H groups in total. The first-order valence-corrected chi connectivity index (χ1v) is 17.6. The van der Waals surface area contributed by atoms with E-state index in [0.717, 1.165) is 61.2 Å². The molecule has 9 aromatic rings. The second kappa shape index (κ2) is 11.7. The van der Waals surface area contributed by atoms with Crippen molar-refractivity contribution in [3.8, 4) is 11.1 Å². The molecule has 50 heavy (non-hydrogen) atoms. The third kappa shape index (κ3) is 4.80. The zero-order chi connectivity index (χ0) is 33.0. The molecule has 2 aromatic heterocycles. The zero-order valence-corrected chi connectivity index (χ0v) is 27.7. The van der Waals surface area contributed by atoms with Gasteiger partial charge in [-0.15, -0.1) is 11.3 Å². The Morgan fingerprint density at radius 1 is 0.500 bits per heavy atom. The molecule has 4 heteroatoms. The molecule has 0 bridgehead atoms. The van der Waals surface area contributed by atoms with Crippen molar-refractivity contribution >= 4 is 81.5 Å². The van der Waals surface area contributed by atoms with E-state index >= 15 is 0 Å². The summed E-state index contributed by atoms with van der Waals surface area (Å²) >= 11 is 1.81. The van der Waals surface area contributed by atoms with Crippen molar-refractivity contribution in [2.24, 2.45) is 9.98 Å². The van der Waals surface area contributed by atoms with E-state index in [2.05, 4.69) is 140 Å². The molecule has 0 amide bonds. The van der Waals surface area contributed by atoms with Crippen molar-refractivity contribution < 1.29 is 4.42 Å². The molecular formula is C46H28N2OS. The van der Waals surface area contributed by atoms with E-state index in [0.29, 0.717) is 5.84 Å². The van der Waals surface area contributed by atoms with Crippen molar-refractivity contribution in [1.29, 1.82) is 0 Å². The van der Waals surface area contributed by atoms with E-state index in [1.54, 1.807) is 0 Å². The Morgan fingerprint density at radius 2 is 1.26 bits per heavy atom. The summed E-state index contributed by atoms with van der Waals surface area (Å²) in [6.07, 6.45) is 6.26. The Hall–Kier alpha value is -6.36. The molecule has 234 valence electrons. The standard InChI is InChI=1S/C46H28N2OS/c1-2-12-30(13-3-1)39-19-10-20-40(36-17-8-16-35-34-15-6-7-22-43(34)50-45(35)36)48-46(47-39)37-18-9-21-42-44(37)38-28-33(25-26-41(38)49-42)32-24-23-29-11-4-5-14-31(29)27-32/h1-28H/b19-10+,20-10?,39-19?,40-20+,47-39+,47-46?,48-40?,48-46-. The van der Waals surface area contributed by atoms with Crippen LogP contribution in [0.1, 0.15) is 16.7 Å². The summed E-state index contributed by atoms with van der Waals surface area (Å²) < 4.78 is 8.97. The van der Waals surface area contributed by atoms with Crippen LogP contribution in [0.2, 0.25) is 0 Å². The minimum atomic E-state index is 0.641. The summed E-state index contributed by atoms with van der Waals surface area (Å²) in [5.74, 6) is 0.641. The largest absolute Gasteiger partial charge is 0.456 e. The number of hydrogen-bond donors (Lipinski definition) is 0. The van der Waals surface area contributed by atoms with Crippen LogP contribution in [-0.2, 0) is 0 Å². The van der Waals surface area contributed by atoms with Gasteiger partial charge in [0, 0.05) is 47.6 Å². The average molecular weight is 657 g/mol. The first-order chi connectivity index (χ1) is 24.8. The molecule has 1 aliphatic heterocycles. The van der Waals surface area contributed by atoms with Crippen molar-refractivity contribution in [2.45, 2.75) is 0 Å². The molecule has 3 heterocycles. The quantitative estimate of drug-likeness (QED) is 0.186. The fraction of sp³-hybridized carbons (Fsp3) is 0. The fourth-order valence-electron chi connectivity index (χ4n) is 7.11. The van der Waals surface area contributed by atoms with Crippen LogP contribution in [0.4, 0.5) is 0 Å². The molecule has 0 saturated heterocycles. The van der Waals surface area contributed by atoms with Gasteiger partial charge in [-0.1, -0.05) is 127 Å². The predicted molar refractivity (Wildman–Crippen MR) is 213 cm³/mol. The highest BCUT2D eigenvalue weighted by Gasteiger charge is 2.19. The molecule has 10 rings (SSSR count). The van der Waals surface area contributed by atoms with Crippen molar-refractivity contribution in [2.75, 3.05) is 0 Å². The van der Waals surface area contributed by atoms with Gasteiger partial charge in [-0.05, 0) is 64.4 Å². The fourth-order valence-corrected chi connectivity index (χ4v) is 8.33. The number of fused-ring (bicyclic) bond motifs is 7. The molecule has 0 atom stereocenters. The molecule has 3 nitrogen and oxygen atoms in total. The van der Waals surface area contributed by atoms with E-state index in [1.807, 2.05) is 41.7 Å². The number of rotatable bonds is 4. The highest BCUT2D eigenvalue weighted by atomic mass is 32.1. The van der Waals surface area contributed by atoms with Crippen LogP contribution >= 0.6 is 11.3 Å². The first kappa shape index (κ1) is 28.6. The molecule has 0 spiro atoms. The van der Waals surface area contributed by atoms with Crippen LogP contribution in [0.5, 0.6) is 0 Å². The zero-order valence-electron chi connectivity index (χ0n) is 26.9. The summed E-state index contributed by atoms with van der Waals surface area (Å²) in [5.41, 5.74) is 8.70. The number of allylic oxidation sites excluding steroid dienone is 3. The van der Waals surface area contributed by atoms with Crippen LogP contribution in [0.3, 0.4) is 0 Å². The van der Waals surface area contributed by atoms with Crippen LogP contribution in [0.15, 0.2) is 184 Å².